The maximum Gasteiger partial charge on any atom is 0.372 e. The predicted octanol–water partition coefficient (Wildman–Crippen LogP) is 3.79. The normalized spacial score (nSPS) is 24.8. The Bertz CT molecular complexity index is 386. The van der Waals surface area contributed by atoms with E-state index in [2.05, 4.69) is 6.92 Å². The van der Waals surface area contributed by atoms with E-state index in [-0.39, 0.29) is 5.76 Å². The molecule has 1 aromatic rings. The van der Waals surface area contributed by atoms with Gasteiger partial charge in [0.25, 0.3) is 0 Å². The van der Waals surface area contributed by atoms with Gasteiger partial charge in [-0.25, -0.2) is 4.79 Å². The van der Waals surface area contributed by atoms with Crippen LogP contribution in [0.15, 0.2) is 16.7 Å². The summed E-state index contributed by atoms with van der Waals surface area (Å²) in [6.07, 6.45) is 6.61. The third-order valence-corrected chi connectivity index (χ3v) is 4.68. The molecule has 1 aliphatic rings. The van der Waals surface area contributed by atoms with E-state index in [0.717, 1.165) is 17.2 Å². The van der Waals surface area contributed by atoms with Crippen LogP contribution in [0.4, 0.5) is 0 Å². The molecule has 4 heteroatoms. The number of rotatable bonds is 4. The van der Waals surface area contributed by atoms with Crippen LogP contribution in [0.25, 0.3) is 0 Å². The maximum atomic E-state index is 10.9. The topological polar surface area (TPSA) is 50.4 Å². The van der Waals surface area contributed by atoms with E-state index in [9.17, 15) is 4.79 Å². The first-order valence-electron chi connectivity index (χ1n) is 6.08. The van der Waals surface area contributed by atoms with Gasteiger partial charge in [-0.05, 0) is 24.8 Å². The molecule has 1 fully saturated rings. The van der Waals surface area contributed by atoms with Crippen LogP contribution >= 0.6 is 11.8 Å². The highest BCUT2D eigenvalue weighted by Crippen LogP contribution is 2.34. The van der Waals surface area contributed by atoms with Crippen molar-refractivity contribution in [1.82, 2.24) is 0 Å². The number of carboxylic acid groups (broad SMARTS) is 1. The van der Waals surface area contributed by atoms with Gasteiger partial charge in [0.1, 0.15) is 0 Å². The summed E-state index contributed by atoms with van der Waals surface area (Å²) in [7, 11) is 0. The molecule has 0 radical (unpaired) electrons. The standard InChI is InChI=1S/C13H18O3S/c1-9-3-2-4-11(7-9)17-8-10-5-6-16-12(10)13(14)15/h5-6,9,11H,2-4,7-8H2,1H3,(H,14,15). The van der Waals surface area contributed by atoms with Crippen LogP contribution in [-0.4, -0.2) is 16.3 Å². The fraction of sp³-hybridized carbons (Fsp3) is 0.615. The molecule has 1 N–H and O–H groups in total. The lowest BCUT2D eigenvalue weighted by Crippen LogP contribution is -2.15. The van der Waals surface area contributed by atoms with Gasteiger partial charge in [-0.2, -0.15) is 11.8 Å². The summed E-state index contributed by atoms with van der Waals surface area (Å²) in [5, 5.41) is 9.61. The van der Waals surface area contributed by atoms with Crippen molar-refractivity contribution in [3.8, 4) is 0 Å². The van der Waals surface area contributed by atoms with E-state index < -0.39 is 5.97 Å². The average molecular weight is 254 g/mol. The summed E-state index contributed by atoms with van der Waals surface area (Å²) in [6.45, 7) is 2.30. The van der Waals surface area contributed by atoms with Crippen LogP contribution < -0.4 is 0 Å². The minimum absolute atomic E-state index is 0.0985. The average Bonchev–Trinajstić information content (AvgIpc) is 2.74. The van der Waals surface area contributed by atoms with Gasteiger partial charge in [0.05, 0.1) is 6.26 Å². The summed E-state index contributed by atoms with van der Waals surface area (Å²) in [4.78, 5) is 10.9. The van der Waals surface area contributed by atoms with E-state index in [0.29, 0.717) is 5.25 Å². The van der Waals surface area contributed by atoms with Gasteiger partial charge in [0.2, 0.25) is 5.76 Å². The minimum atomic E-state index is -0.970. The van der Waals surface area contributed by atoms with Gasteiger partial charge < -0.3 is 9.52 Å². The Morgan fingerprint density at radius 3 is 3.12 bits per heavy atom. The van der Waals surface area contributed by atoms with Crippen LogP contribution in [0, 0.1) is 5.92 Å². The van der Waals surface area contributed by atoms with Crippen LogP contribution in [0.5, 0.6) is 0 Å². The van der Waals surface area contributed by atoms with Crippen LogP contribution in [0.3, 0.4) is 0 Å². The summed E-state index contributed by atoms with van der Waals surface area (Å²) in [5.74, 6) is 0.684. The summed E-state index contributed by atoms with van der Waals surface area (Å²) in [5.41, 5.74) is 0.806. The van der Waals surface area contributed by atoms with Crippen molar-refractivity contribution >= 4 is 17.7 Å². The van der Waals surface area contributed by atoms with Crippen molar-refractivity contribution in [3.63, 3.8) is 0 Å². The summed E-state index contributed by atoms with van der Waals surface area (Å²) in [6, 6.07) is 1.77. The van der Waals surface area contributed by atoms with Crippen LogP contribution in [0.1, 0.15) is 48.7 Å². The Morgan fingerprint density at radius 2 is 2.41 bits per heavy atom. The summed E-state index contributed by atoms with van der Waals surface area (Å²) < 4.78 is 4.97. The molecule has 0 saturated heterocycles. The highest BCUT2D eigenvalue weighted by molar-refractivity contribution is 7.99. The smallest absolute Gasteiger partial charge is 0.372 e. The van der Waals surface area contributed by atoms with Crippen LogP contribution in [-0.2, 0) is 5.75 Å². The van der Waals surface area contributed by atoms with E-state index >= 15 is 0 Å². The zero-order valence-corrected chi connectivity index (χ0v) is 10.8. The second-order valence-corrected chi connectivity index (χ2v) is 6.07. The molecule has 2 unspecified atom stereocenters. The molecule has 1 saturated carbocycles. The first-order chi connectivity index (χ1) is 8.16. The SMILES string of the molecule is CC1CCCC(SCc2ccoc2C(=O)O)C1. The zero-order chi connectivity index (χ0) is 12.3. The fourth-order valence-corrected chi connectivity index (χ4v) is 3.81. The Morgan fingerprint density at radius 1 is 1.59 bits per heavy atom. The van der Waals surface area contributed by atoms with E-state index in [4.69, 9.17) is 9.52 Å². The van der Waals surface area contributed by atoms with Gasteiger partial charge in [-0.3, -0.25) is 0 Å². The Balaban J connectivity index is 1.89. The molecule has 0 aromatic carbocycles. The molecule has 17 heavy (non-hydrogen) atoms. The molecular formula is C13H18O3S. The molecule has 0 spiro atoms. The second kappa shape index (κ2) is 5.63. The van der Waals surface area contributed by atoms with E-state index in [1.807, 2.05) is 11.8 Å². The molecule has 94 valence electrons. The number of furan rings is 1. The lowest BCUT2D eigenvalue weighted by Gasteiger charge is -2.26. The highest BCUT2D eigenvalue weighted by Gasteiger charge is 2.21. The van der Waals surface area contributed by atoms with Gasteiger partial charge in [0.15, 0.2) is 0 Å². The van der Waals surface area contributed by atoms with Crippen molar-refractivity contribution in [2.24, 2.45) is 5.92 Å². The maximum absolute atomic E-state index is 10.9. The van der Waals surface area contributed by atoms with Gasteiger partial charge in [-0.1, -0.05) is 19.8 Å². The van der Waals surface area contributed by atoms with Crippen molar-refractivity contribution in [2.75, 3.05) is 0 Å². The number of thioether (sulfide) groups is 1. The molecular weight excluding hydrogens is 236 g/mol. The molecule has 3 nitrogen and oxygen atoms in total. The van der Waals surface area contributed by atoms with Gasteiger partial charge in [-0.15, -0.1) is 0 Å². The summed E-state index contributed by atoms with van der Waals surface area (Å²) >= 11 is 1.87. The fourth-order valence-electron chi connectivity index (χ4n) is 2.37. The third-order valence-electron chi connectivity index (χ3n) is 3.30. The molecule has 0 aliphatic heterocycles. The third kappa shape index (κ3) is 3.28. The first-order valence-corrected chi connectivity index (χ1v) is 7.13. The van der Waals surface area contributed by atoms with Crippen molar-refractivity contribution in [2.45, 2.75) is 43.6 Å². The molecule has 1 heterocycles. The lowest BCUT2D eigenvalue weighted by atomic mass is 9.91. The monoisotopic (exact) mass is 254 g/mol. The molecule has 0 bridgehead atoms. The van der Waals surface area contributed by atoms with E-state index in [1.54, 1.807) is 6.07 Å². The predicted molar refractivity (Wildman–Crippen MR) is 68.4 cm³/mol. The van der Waals surface area contributed by atoms with Crippen molar-refractivity contribution in [3.05, 3.63) is 23.7 Å². The molecule has 1 aromatic heterocycles. The van der Waals surface area contributed by atoms with Gasteiger partial charge >= 0.3 is 5.97 Å². The molecule has 2 rings (SSSR count). The largest absolute Gasteiger partial charge is 0.475 e. The first kappa shape index (κ1) is 12.6. The van der Waals surface area contributed by atoms with Crippen molar-refractivity contribution < 1.29 is 14.3 Å². The Kier molecular flexibility index (Phi) is 4.15. The highest BCUT2D eigenvalue weighted by atomic mass is 32.2. The van der Waals surface area contributed by atoms with Gasteiger partial charge in [0, 0.05) is 16.6 Å². The number of aromatic carboxylic acids is 1. The number of carboxylic acids is 1. The number of hydrogen-bond acceptors (Lipinski definition) is 3. The quantitative estimate of drug-likeness (QED) is 0.888. The lowest BCUT2D eigenvalue weighted by molar-refractivity contribution is 0.0661. The van der Waals surface area contributed by atoms with E-state index in [1.165, 1.54) is 31.9 Å². The molecule has 2 atom stereocenters. The minimum Gasteiger partial charge on any atom is -0.475 e. The van der Waals surface area contributed by atoms with Crippen LogP contribution in [0.2, 0.25) is 0 Å². The Labute approximate surface area is 106 Å². The Hall–Kier alpha value is -0.900. The molecule has 0 amide bonds. The zero-order valence-electron chi connectivity index (χ0n) is 10.0. The number of carbonyl (C=O) groups is 1. The van der Waals surface area contributed by atoms with Crippen molar-refractivity contribution in [1.29, 1.82) is 0 Å². The molecule has 1 aliphatic carbocycles. The second-order valence-electron chi connectivity index (χ2n) is 4.78. The number of hydrogen-bond donors (Lipinski definition) is 1.